The second-order valence-corrected chi connectivity index (χ2v) is 2.34. The van der Waals surface area contributed by atoms with Crippen LogP contribution in [0.4, 0.5) is 5.69 Å². The maximum Gasteiger partial charge on any atom is 0.248 e. The summed E-state index contributed by atoms with van der Waals surface area (Å²) < 4.78 is 0. The van der Waals surface area contributed by atoms with Crippen LogP contribution in [0.15, 0.2) is 34.6 Å². The third-order valence-electron chi connectivity index (χ3n) is 1.39. The standard InChI is InChI=1S/C7H6N4O3/c8-7(12)5-1-3-6(4-2-5)9-10-11(13)14/h1-4H,(H2,8,12). The molecule has 0 spiro atoms. The molecule has 14 heavy (non-hydrogen) atoms. The first-order chi connectivity index (χ1) is 6.59. The van der Waals surface area contributed by atoms with Crippen molar-refractivity contribution in [2.75, 3.05) is 0 Å². The zero-order valence-corrected chi connectivity index (χ0v) is 6.95. The van der Waals surface area contributed by atoms with E-state index in [1.807, 2.05) is 0 Å². The van der Waals surface area contributed by atoms with Gasteiger partial charge in [0.1, 0.15) is 0 Å². The molecule has 72 valence electrons. The molecule has 0 saturated carbocycles. The van der Waals surface area contributed by atoms with E-state index >= 15 is 0 Å². The Bertz CT molecular complexity index is 384. The van der Waals surface area contributed by atoms with Crippen LogP contribution in [0.1, 0.15) is 10.4 Å². The van der Waals surface area contributed by atoms with Crippen LogP contribution in [0, 0.1) is 10.1 Å². The van der Waals surface area contributed by atoms with E-state index < -0.39 is 10.9 Å². The molecular weight excluding hydrogens is 188 g/mol. The Labute approximate surface area is 78.4 Å². The van der Waals surface area contributed by atoms with Crippen molar-refractivity contribution in [2.24, 2.45) is 16.1 Å². The summed E-state index contributed by atoms with van der Waals surface area (Å²) in [6.07, 6.45) is 0. The maximum atomic E-state index is 10.6. The van der Waals surface area contributed by atoms with Gasteiger partial charge >= 0.3 is 0 Å². The normalized spacial score (nSPS) is 10.3. The quantitative estimate of drug-likeness (QED) is 0.441. The number of nitrogens with two attached hydrogens (primary N) is 1. The Hall–Kier alpha value is -2.31. The highest BCUT2D eigenvalue weighted by atomic mass is 16.7. The summed E-state index contributed by atoms with van der Waals surface area (Å²) in [4.78, 5) is 20.5. The van der Waals surface area contributed by atoms with Crippen LogP contribution in [0.2, 0.25) is 0 Å². The van der Waals surface area contributed by atoms with Gasteiger partial charge in [0.25, 0.3) is 0 Å². The fraction of sp³-hybridized carbons (Fsp3) is 0. The minimum atomic E-state index is -0.915. The second-order valence-electron chi connectivity index (χ2n) is 2.34. The molecular formula is C7H6N4O3. The molecule has 0 bridgehead atoms. The van der Waals surface area contributed by atoms with E-state index in [1.165, 1.54) is 24.3 Å². The highest BCUT2D eigenvalue weighted by molar-refractivity contribution is 5.92. The molecule has 0 aliphatic heterocycles. The van der Waals surface area contributed by atoms with Crippen molar-refractivity contribution in [1.82, 2.24) is 0 Å². The number of carbonyl (C=O) groups is 1. The van der Waals surface area contributed by atoms with Gasteiger partial charge in [-0.3, -0.25) is 4.79 Å². The maximum absolute atomic E-state index is 10.6. The van der Waals surface area contributed by atoms with Gasteiger partial charge in [0.05, 0.1) is 10.1 Å². The van der Waals surface area contributed by atoms with Crippen molar-refractivity contribution >= 4 is 11.6 Å². The predicted octanol–water partition coefficient (Wildman–Crippen LogP) is 1.06. The Kier molecular flexibility index (Phi) is 2.85. The average molecular weight is 194 g/mol. The number of nitro groups is 1. The zero-order valence-electron chi connectivity index (χ0n) is 6.95. The SMILES string of the molecule is NC(=O)c1ccc(N=N[N+](=O)[O-])cc1. The van der Waals surface area contributed by atoms with Gasteiger partial charge in [0, 0.05) is 5.56 Å². The van der Waals surface area contributed by atoms with Crippen molar-refractivity contribution in [2.45, 2.75) is 0 Å². The van der Waals surface area contributed by atoms with Crippen molar-refractivity contribution in [3.63, 3.8) is 0 Å². The van der Waals surface area contributed by atoms with Crippen molar-refractivity contribution < 1.29 is 9.83 Å². The Balaban J connectivity index is 2.83. The summed E-state index contributed by atoms with van der Waals surface area (Å²) in [6.45, 7) is 0. The number of rotatable bonds is 3. The Morgan fingerprint density at radius 1 is 1.36 bits per heavy atom. The lowest BCUT2D eigenvalue weighted by Gasteiger charge is -1.91. The summed E-state index contributed by atoms with van der Waals surface area (Å²) in [5.74, 6) is -0.567. The molecule has 0 saturated heterocycles. The van der Waals surface area contributed by atoms with Gasteiger partial charge in [-0.05, 0) is 24.3 Å². The molecule has 1 rings (SSSR count). The van der Waals surface area contributed by atoms with Crippen molar-refractivity contribution in [3.8, 4) is 0 Å². The molecule has 1 amide bonds. The summed E-state index contributed by atoms with van der Waals surface area (Å²) in [5.41, 5.74) is 5.58. The highest BCUT2D eigenvalue weighted by Crippen LogP contribution is 2.12. The van der Waals surface area contributed by atoms with Crippen molar-refractivity contribution in [1.29, 1.82) is 0 Å². The number of carbonyl (C=O) groups excluding carboxylic acids is 1. The van der Waals surface area contributed by atoms with Crippen molar-refractivity contribution in [3.05, 3.63) is 39.9 Å². The van der Waals surface area contributed by atoms with Crippen LogP contribution >= 0.6 is 0 Å². The first-order valence-electron chi connectivity index (χ1n) is 3.55. The fourth-order valence-electron chi connectivity index (χ4n) is 0.781. The van der Waals surface area contributed by atoms with Gasteiger partial charge in [-0.25, -0.2) is 0 Å². The number of primary amides is 1. The molecule has 0 aromatic heterocycles. The van der Waals surface area contributed by atoms with Crippen LogP contribution in [-0.2, 0) is 0 Å². The zero-order chi connectivity index (χ0) is 10.6. The molecule has 0 atom stereocenters. The molecule has 0 aliphatic carbocycles. The second kappa shape index (κ2) is 4.08. The molecule has 0 fully saturated rings. The van der Waals surface area contributed by atoms with E-state index in [4.69, 9.17) is 5.73 Å². The third kappa shape index (κ3) is 2.63. The summed E-state index contributed by atoms with van der Waals surface area (Å²) in [6, 6.07) is 5.65. The van der Waals surface area contributed by atoms with Crippen LogP contribution < -0.4 is 5.73 Å². The molecule has 1 aromatic rings. The number of hydrogen-bond donors (Lipinski definition) is 1. The molecule has 7 nitrogen and oxygen atoms in total. The summed E-state index contributed by atoms with van der Waals surface area (Å²) in [7, 11) is 0. The van der Waals surface area contributed by atoms with Gasteiger partial charge in [0.15, 0.2) is 5.22 Å². The highest BCUT2D eigenvalue weighted by Gasteiger charge is 2.02. The van der Waals surface area contributed by atoms with E-state index in [0.29, 0.717) is 5.56 Å². The topological polar surface area (TPSA) is 111 Å². The molecule has 0 unspecified atom stereocenters. The van der Waals surface area contributed by atoms with Gasteiger partial charge in [-0.2, -0.15) is 0 Å². The van der Waals surface area contributed by atoms with Crippen LogP contribution in [0.5, 0.6) is 0 Å². The Morgan fingerprint density at radius 2 is 1.93 bits per heavy atom. The molecule has 0 aliphatic rings. The van der Waals surface area contributed by atoms with Gasteiger partial charge < -0.3 is 15.8 Å². The molecule has 0 radical (unpaired) electrons. The third-order valence-corrected chi connectivity index (χ3v) is 1.39. The lowest BCUT2D eigenvalue weighted by Crippen LogP contribution is -2.10. The number of nitrogens with zero attached hydrogens (tertiary/aromatic N) is 3. The van der Waals surface area contributed by atoms with Gasteiger partial charge in [0.2, 0.25) is 11.6 Å². The minimum Gasteiger partial charge on any atom is -0.366 e. The lowest BCUT2D eigenvalue weighted by atomic mass is 10.2. The first kappa shape index (κ1) is 9.78. The van der Waals surface area contributed by atoms with E-state index in [9.17, 15) is 14.9 Å². The van der Waals surface area contributed by atoms with E-state index in [0.717, 1.165) is 0 Å². The van der Waals surface area contributed by atoms with Crippen LogP contribution in [0.3, 0.4) is 0 Å². The van der Waals surface area contributed by atoms with Crippen LogP contribution in [0.25, 0.3) is 0 Å². The van der Waals surface area contributed by atoms with Crippen LogP contribution in [-0.4, -0.2) is 10.9 Å². The summed E-state index contributed by atoms with van der Waals surface area (Å²) in [5, 5.41) is 14.9. The number of benzene rings is 1. The molecule has 1 aromatic carbocycles. The lowest BCUT2D eigenvalue weighted by molar-refractivity contribution is -0.493. The molecule has 7 heteroatoms. The predicted molar refractivity (Wildman–Crippen MR) is 46.5 cm³/mol. The summed E-state index contributed by atoms with van der Waals surface area (Å²) >= 11 is 0. The number of hydrogen-bond acceptors (Lipinski definition) is 4. The van der Waals surface area contributed by atoms with E-state index in [2.05, 4.69) is 10.3 Å². The largest absolute Gasteiger partial charge is 0.366 e. The smallest absolute Gasteiger partial charge is 0.248 e. The van der Waals surface area contributed by atoms with E-state index in [1.54, 1.807) is 0 Å². The van der Waals surface area contributed by atoms with Gasteiger partial charge in [-0.15, -0.1) is 0 Å². The molecule has 2 N–H and O–H groups in total. The monoisotopic (exact) mass is 194 g/mol. The first-order valence-corrected chi connectivity index (χ1v) is 3.55. The van der Waals surface area contributed by atoms with E-state index in [-0.39, 0.29) is 5.69 Å². The van der Waals surface area contributed by atoms with Gasteiger partial charge in [-0.1, -0.05) is 0 Å². The number of amides is 1. The minimum absolute atomic E-state index is 0.284. The average Bonchev–Trinajstić information content (AvgIpc) is 2.15. The Morgan fingerprint density at radius 3 is 2.36 bits per heavy atom. The fourth-order valence-corrected chi connectivity index (χ4v) is 0.781. The molecule has 0 heterocycles.